The van der Waals surface area contributed by atoms with Gasteiger partial charge in [-0.05, 0) is 0 Å². The molecule has 1 heterocycles. The zero-order chi connectivity index (χ0) is 10.6. The van der Waals surface area contributed by atoms with Gasteiger partial charge in [-0.25, -0.2) is 0 Å². The number of aromatic nitrogens is 2. The van der Waals surface area contributed by atoms with Gasteiger partial charge in [0.05, 0.1) is 13.2 Å². The lowest BCUT2D eigenvalue weighted by Gasteiger charge is -2.04. The average molecular weight is 197 g/mol. The molecule has 1 aromatic rings. The van der Waals surface area contributed by atoms with Gasteiger partial charge in [0, 0.05) is 19.4 Å². The lowest BCUT2D eigenvalue weighted by molar-refractivity contribution is 0.0991. The van der Waals surface area contributed by atoms with E-state index >= 15 is 0 Å². The minimum absolute atomic E-state index is 0.247. The van der Waals surface area contributed by atoms with E-state index in [1.807, 2.05) is 0 Å². The number of carbonyl (C=O) groups excluding carboxylic acids is 1. The Labute approximate surface area is 80.3 Å². The van der Waals surface area contributed by atoms with Gasteiger partial charge >= 0.3 is 0 Å². The van der Waals surface area contributed by atoms with Gasteiger partial charge in [-0.1, -0.05) is 0 Å². The summed E-state index contributed by atoms with van der Waals surface area (Å²) in [5, 5.41) is 3.76. The van der Waals surface area contributed by atoms with Crippen molar-refractivity contribution in [2.75, 3.05) is 13.7 Å². The van der Waals surface area contributed by atoms with Crippen LogP contribution in [-0.4, -0.2) is 29.4 Å². The Morgan fingerprint density at radius 3 is 3.00 bits per heavy atom. The first-order chi connectivity index (χ1) is 6.65. The van der Waals surface area contributed by atoms with E-state index in [2.05, 4.69) is 5.10 Å². The number of carbonyl (C=O) groups is 1. The van der Waals surface area contributed by atoms with Gasteiger partial charge in [0.1, 0.15) is 0 Å². The Hall–Kier alpha value is -1.69. The number of hydrogen-bond donors (Lipinski definition) is 1. The summed E-state index contributed by atoms with van der Waals surface area (Å²) in [6.07, 6.45) is 1.48. The van der Waals surface area contributed by atoms with Crippen molar-refractivity contribution < 1.29 is 9.53 Å². The van der Waals surface area contributed by atoms with Crippen molar-refractivity contribution in [1.82, 2.24) is 9.78 Å². The third-order valence-electron chi connectivity index (χ3n) is 1.62. The molecular weight excluding hydrogens is 186 g/mol. The van der Waals surface area contributed by atoms with Crippen molar-refractivity contribution >= 4 is 5.91 Å². The van der Waals surface area contributed by atoms with Crippen LogP contribution in [-0.2, 0) is 11.3 Å². The van der Waals surface area contributed by atoms with Crippen LogP contribution in [0.5, 0.6) is 0 Å². The van der Waals surface area contributed by atoms with Gasteiger partial charge in [0.2, 0.25) is 5.43 Å². The molecule has 0 atom stereocenters. The molecule has 14 heavy (non-hydrogen) atoms. The summed E-state index contributed by atoms with van der Waals surface area (Å²) in [5.41, 5.74) is 4.25. The smallest absolute Gasteiger partial charge is 0.273 e. The number of nitrogens with two attached hydrogens (primary N) is 1. The minimum atomic E-state index is -0.818. The fourth-order valence-corrected chi connectivity index (χ4v) is 0.924. The van der Waals surface area contributed by atoms with Crippen LogP contribution in [0.15, 0.2) is 17.1 Å². The van der Waals surface area contributed by atoms with Gasteiger partial charge in [-0.3, -0.25) is 14.3 Å². The van der Waals surface area contributed by atoms with Crippen molar-refractivity contribution in [1.29, 1.82) is 0 Å². The Morgan fingerprint density at radius 1 is 1.71 bits per heavy atom. The first-order valence-corrected chi connectivity index (χ1v) is 4.01. The van der Waals surface area contributed by atoms with Crippen molar-refractivity contribution in [3.63, 3.8) is 0 Å². The molecule has 1 rings (SSSR count). The van der Waals surface area contributed by atoms with Crippen LogP contribution in [0.2, 0.25) is 0 Å². The van der Waals surface area contributed by atoms with Crippen LogP contribution in [0.4, 0.5) is 0 Å². The molecular formula is C8H11N3O3. The Morgan fingerprint density at radius 2 is 2.43 bits per heavy atom. The molecule has 0 unspecified atom stereocenters. The SMILES string of the molecule is COCCn1ccc(=O)c(C(N)=O)n1. The largest absolute Gasteiger partial charge is 0.383 e. The van der Waals surface area contributed by atoms with Gasteiger partial charge in [0.15, 0.2) is 5.69 Å². The highest BCUT2D eigenvalue weighted by Gasteiger charge is 2.07. The number of methoxy groups -OCH3 is 1. The maximum Gasteiger partial charge on any atom is 0.273 e. The maximum absolute atomic E-state index is 11.1. The first-order valence-electron chi connectivity index (χ1n) is 4.01. The number of rotatable bonds is 4. The second-order valence-electron chi connectivity index (χ2n) is 2.65. The molecule has 1 aromatic heterocycles. The van der Waals surface area contributed by atoms with E-state index in [-0.39, 0.29) is 5.69 Å². The molecule has 0 radical (unpaired) electrons. The summed E-state index contributed by atoms with van der Waals surface area (Å²) in [6, 6.07) is 1.25. The van der Waals surface area contributed by atoms with E-state index in [1.165, 1.54) is 16.9 Å². The van der Waals surface area contributed by atoms with Crippen LogP contribution >= 0.6 is 0 Å². The van der Waals surface area contributed by atoms with Gasteiger partial charge in [-0.15, -0.1) is 0 Å². The van der Waals surface area contributed by atoms with Crippen molar-refractivity contribution in [3.8, 4) is 0 Å². The lowest BCUT2D eigenvalue weighted by Crippen LogP contribution is -2.26. The molecule has 6 heteroatoms. The molecule has 0 aliphatic rings. The van der Waals surface area contributed by atoms with E-state index in [4.69, 9.17) is 10.5 Å². The molecule has 0 aliphatic heterocycles. The summed E-state index contributed by atoms with van der Waals surface area (Å²) < 4.78 is 6.26. The molecule has 0 fully saturated rings. The normalized spacial score (nSPS) is 10.1. The highest BCUT2D eigenvalue weighted by Crippen LogP contribution is 1.86. The molecule has 0 spiro atoms. The molecule has 76 valence electrons. The number of primary amides is 1. The highest BCUT2D eigenvalue weighted by atomic mass is 16.5. The van der Waals surface area contributed by atoms with E-state index in [9.17, 15) is 9.59 Å². The fourth-order valence-electron chi connectivity index (χ4n) is 0.924. The van der Waals surface area contributed by atoms with Gasteiger partial charge < -0.3 is 10.5 Å². The zero-order valence-corrected chi connectivity index (χ0v) is 7.77. The van der Waals surface area contributed by atoms with Crippen molar-refractivity contribution in [2.24, 2.45) is 5.73 Å². The van der Waals surface area contributed by atoms with Crippen molar-refractivity contribution in [2.45, 2.75) is 6.54 Å². The van der Waals surface area contributed by atoms with Crippen molar-refractivity contribution in [3.05, 3.63) is 28.2 Å². The van der Waals surface area contributed by atoms with Gasteiger partial charge in [-0.2, -0.15) is 5.10 Å². The number of ether oxygens (including phenoxy) is 1. The number of nitrogens with zero attached hydrogens (tertiary/aromatic N) is 2. The maximum atomic E-state index is 11.1. The summed E-state index contributed by atoms with van der Waals surface area (Å²) in [5.74, 6) is -0.818. The van der Waals surface area contributed by atoms with E-state index in [0.29, 0.717) is 13.2 Å². The Bertz CT molecular complexity index is 386. The summed E-state index contributed by atoms with van der Waals surface area (Å²) in [4.78, 5) is 21.8. The molecule has 0 aromatic carbocycles. The predicted octanol–water partition coefficient (Wildman–Crippen LogP) is -1.01. The standard InChI is InChI=1S/C8H11N3O3/c1-14-5-4-11-3-2-6(12)7(10-11)8(9)13/h2-3H,4-5H2,1H3,(H2,9,13). The summed E-state index contributed by atoms with van der Waals surface area (Å²) >= 11 is 0. The third-order valence-corrected chi connectivity index (χ3v) is 1.62. The molecule has 1 amide bonds. The van der Waals surface area contributed by atoms with Gasteiger partial charge in [0.25, 0.3) is 5.91 Å². The average Bonchev–Trinajstić information content (AvgIpc) is 2.16. The second-order valence-corrected chi connectivity index (χ2v) is 2.65. The van der Waals surface area contributed by atoms with Crippen LogP contribution in [0.3, 0.4) is 0 Å². The minimum Gasteiger partial charge on any atom is -0.383 e. The van der Waals surface area contributed by atoms with Crippen LogP contribution in [0.25, 0.3) is 0 Å². The fraction of sp³-hybridized carbons (Fsp3) is 0.375. The predicted molar refractivity (Wildman–Crippen MR) is 48.9 cm³/mol. The topological polar surface area (TPSA) is 87.2 Å². The summed E-state index contributed by atoms with van der Waals surface area (Å²) in [7, 11) is 1.55. The van der Waals surface area contributed by atoms with Crippen LogP contribution in [0.1, 0.15) is 10.5 Å². The highest BCUT2D eigenvalue weighted by molar-refractivity contribution is 5.90. The quantitative estimate of drug-likeness (QED) is 0.669. The molecule has 6 nitrogen and oxygen atoms in total. The van der Waals surface area contributed by atoms with E-state index in [1.54, 1.807) is 7.11 Å². The third kappa shape index (κ3) is 2.40. The molecule has 0 aliphatic carbocycles. The lowest BCUT2D eigenvalue weighted by atomic mass is 10.3. The molecule has 0 saturated carbocycles. The monoisotopic (exact) mass is 197 g/mol. The number of hydrogen-bond acceptors (Lipinski definition) is 4. The van der Waals surface area contributed by atoms with E-state index < -0.39 is 11.3 Å². The molecule has 2 N–H and O–H groups in total. The summed E-state index contributed by atoms with van der Waals surface area (Å²) in [6.45, 7) is 0.922. The van der Waals surface area contributed by atoms with Crippen LogP contribution < -0.4 is 11.2 Å². The molecule has 0 saturated heterocycles. The zero-order valence-electron chi connectivity index (χ0n) is 7.77. The number of amides is 1. The first kappa shape index (κ1) is 10.4. The van der Waals surface area contributed by atoms with Crippen LogP contribution in [0, 0.1) is 0 Å². The van der Waals surface area contributed by atoms with E-state index in [0.717, 1.165) is 0 Å². The molecule has 0 bridgehead atoms. The Kier molecular flexibility index (Phi) is 3.35. The second kappa shape index (κ2) is 4.52. The Balaban J connectivity index is 2.95.